The van der Waals surface area contributed by atoms with E-state index in [0.717, 1.165) is 11.4 Å². The van der Waals surface area contributed by atoms with E-state index in [1.807, 2.05) is 26.0 Å². The highest BCUT2D eigenvalue weighted by molar-refractivity contribution is 5.82. The number of aromatic nitrogens is 2. The number of hydrogen-bond acceptors (Lipinski definition) is 5. The van der Waals surface area contributed by atoms with E-state index < -0.39 is 11.8 Å². The predicted octanol–water partition coefficient (Wildman–Crippen LogP) is 0.598. The third-order valence-corrected chi connectivity index (χ3v) is 3.09. The molecule has 1 heterocycles. The molecule has 2 aromatic rings. The fourth-order valence-electron chi connectivity index (χ4n) is 1.96. The molecular formula is C16H17N5O3. The molecule has 8 nitrogen and oxygen atoms in total. The van der Waals surface area contributed by atoms with Crippen LogP contribution >= 0.6 is 0 Å². The van der Waals surface area contributed by atoms with Crippen LogP contribution < -0.4 is 15.6 Å². The van der Waals surface area contributed by atoms with Gasteiger partial charge in [0.05, 0.1) is 17.3 Å². The second-order valence-electron chi connectivity index (χ2n) is 5.11. The number of carbonyl (C=O) groups is 2. The highest BCUT2D eigenvalue weighted by Gasteiger charge is 2.09. The molecule has 8 heteroatoms. The van der Waals surface area contributed by atoms with Crippen LogP contribution in [0.4, 0.5) is 0 Å². The maximum absolute atomic E-state index is 11.8. The molecule has 2 N–H and O–H groups in total. The fourth-order valence-corrected chi connectivity index (χ4v) is 1.96. The van der Waals surface area contributed by atoms with Gasteiger partial charge < -0.3 is 4.74 Å². The molecule has 2 amide bonds. The number of benzene rings is 1. The standard InChI is InChI=1S/C16H17N5O3/c1-11-7-12(2)21(20-11)9-15(22)18-19-16(23)10-24-14-5-3-13(8-17)4-6-14/h3-7H,9-10H2,1-2H3,(H,18,22)(H,19,23). The number of aryl methyl sites for hydroxylation is 2. The lowest BCUT2D eigenvalue weighted by molar-refractivity contribution is -0.130. The first-order chi connectivity index (χ1) is 11.5. The number of carbonyl (C=O) groups excluding carboxylic acids is 2. The molecule has 0 aliphatic heterocycles. The number of nitrogens with one attached hydrogen (secondary N) is 2. The lowest BCUT2D eigenvalue weighted by atomic mass is 10.2. The van der Waals surface area contributed by atoms with Crippen LogP contribution in [-0.4, -0.2) is 28.2 Å². The third-order valence-electron chi connectivity index (χ3n) is 3.09. The first kappa shape index (κ1) is 17.0. The van der Waals surface area contributed by atoms with Crippen LogP contribution in [0.5, 0.6) is 5.75 Å². The summed E-state index contributed by atoms with van der Waals surface area (Å²) < 4.78 is 6.80. The van der Waals surface area contributed by atoms with E-state index in [4.69, 9.17) is 10.00 Å². The van der Waals surface area contributed by atoms with Gasteiger partial charge in [-0.05, 0) is 44.2 Å². The van der Waals surface area contributed by atoms with Crippen LogP contribution in [0.3, 0.4) is 0 Å². The first-order valence-electron chi connectivity index (χ1n) is 7.19. The van der Waals surface area contributed by atoms with E-state index in [2.05, 4.69) is 16.0 Å². The molecule has 0 spiro atoms. The molecule has 1 aromatic carbocycles. The van der Waals surface area contributed by atoms with Crippen molar-refractivity contribution in [3.8, 4) is 11.8 Å². The van der Waals surface area contributed by atoms with Crippen molar-refractivity contribution in [3.05, 3.63) is 47.3 Å². The normalized spacial score (nSPS) is 9.88. The largest absolute Gasteiger partial charge is 0.484 e. The molecule has 124 valence electrons. The molecule has 0 bridgehead atoms. The van der Waals surface area contributed by atoms with Gasteiger partial charge in [-0.15, -0.1) is 0 Å². The lowest BCUT2D eigenvalue weighted by Gasteiger charge is -2.09. The summed E-state index contributed by atoms with van der Waals surface area (Å²) in [6.07, 6.45) is 0. The summed E-state index contributed by atoms with van der Waals surface area (Å²) in [7, 11) is 0. The third kappa shape index (κ3) is 4.84. The van der Waals surface area contributed by atoms with E-state index in [0.29, 0.717) is 11.3 Å². The molecule has 2 rings (SSSR count). The van der Waals surface area contributed by atoms with E-state index in [-0.39, 0.29) is 13.2 Å². The Hall–Kier alpha value is -3.34. The number of rotatable bonds is 5. The van der Waals surface area contributed by atoms with Gasteiger partial charge in [0.1, 0.15) is 12.3 Å². The van der Waals surface area contributed by atoms with Gasteiger partial charge >= 0.3 is 0 Å². The van der Waals surface area contributed by atoms with Crippen molar-refractivity contribution in [2.45, 2.75) is 20.4 Å². The minimum Gasteiger partial charge on any atom is -0.484 e. The number of hydrogen-bond donors (Lipinski definition) is 2. The van der Waals surface area contributed by atoms with Crippen LogP contribution in [0.1, 0.15) is 17.0 Å². The van der Waals surface area contributed by atoms with Crippen molar-refractivity contribution in [1.29, 1.82) is 5.26 Å². The van der Waals surface area contributed by atoms with Crippen molar-refractivity contribution >= 4 is 11.8 Å². The summed E-state index contributed by atoms with van der Waals surface area (Å²) in [6, 6.07) is 10.2. The zero-order valence-corrected chi connectivity index (χ0v) is 13.4. The van der Waals surface area contributed by atoms with Crippen molar-refractivity contribution in [1.82, 2.24) is 20.6 Å². The van der Waals surface area contributed by atoms with E-state index in [9.17, 15) is 9.59 Å². The van der Waals surface area contributed by atoms with E-state index in [1.54, 1.807) is 28.9 Å². The molecule has 0 fully saturated rings. The van der Waals surface area contributed by atoms with Crippen molar-refractivity contribution < 1.29 is 14.3 Å². The average molecular weight is 327 g/mol. The topological polar surface area (TPSA) is 109 Å². The molecule has 0 aliphatic rings. The molecule has 0 saturated heterocycles. The van der Waals surface area contributed by atoms with Gasteiger partial charge in [0.15, 0.2) is 6.61 Å². The molecule has 0 aliphatic carbocycles. The predicted molar refractivity (Wildman–Crippen MR) is 84.6 cm³/mol. The Morgan fingerprint density at radius 1 is 1.21 bits per heavy atom. The maximum Gasteiger partial charge on any atom is 0.276 e. The van der Waals surface area contributed by atoms with Crippen molar-refractivity contribution in [2.75, 3.05) is 6.61 Å². The first-order valence-corrected chi connectivity index (χ1v) is 7.19. The highest BCUT2D eigenvalue weighted by atomic mass is 16.5. The van der Waals surface area contributed by atoms with Gasteiger partial charge in [-0.25, -0.2) is 0 Å². The Labute approximate surface area is 139 Å². The SMILES string of the molecule is Cc1cc(C)n(CC(=O)NNC(=O)COc2ccc(C#N)cc2)n1. The number of ether oxygens (including phenoxy) is 1. The summed E-state index contributed by atoms with van der Waals surface area (Å²) in [5, 5.41) is 12.9. The number of nitriles is 1. The number of hydrazine groups is 1. The van der Waals surface area contributed by atoms with Gasteiger partial charge in [0.2, 0.25) is 0 Å². The maximum atomic E-state index is 11.8. The fraction of sp³-hybridized carbons (Fsp3) is 0.250. The molecule has 24 heavy (non-hydrogen) atoms. The smallest absolute Gasteiger partial charge is 0.276 e. The zero-order chi connectivity index (χ0) is 17.5. The van der Waals surface area contributed by atoms with Crippen LogP contribution in [-0.2, 0) is 16.1 Å². The van der Waals surface area contributed by atoms with Gasteiger partial charge in [-0.2, -0.15) is 10.4 Å². The van der Waals surface area contributed by atoms with Crippen LogP contribution in [0.25, 0.3) is 0 Å². The van der Waals surface area contributed by atoms with E-state index in [1.165, 1.54) is 0 Å². The monoisotopic (exact) mass is 327 g/mol. The Morgan fingerprint density at radius 2 is 1.88 bits per heavy atom. The van der Waals surface area contributed by atoms with Gasteiger partial charge in [0, 0.05) is 5.69 Å². The summed E-state index contributed by atoms with van der Waals surface area (Å²) >= 11 is 0. The highest BCUT2D eigenvalue weighted by Crippen LogP contribution is 2.11. The van der Waals surface area contributed by atoms with Crippen LogP contribution in [0.15, 0.2) is 30.3 Å². The summed E-state index contributed by atoms with van der Waals surface area (Å²) in [5.41, 5.74) is 6.75. The Bertz CT molecular complexity index is 774. The molecule has 1 aromatic heterocycles. The second-order valence-corrected chi connectivity index (χ2v) is 5.11. The minimum atomic E-state index is -0.499. The molecule has 0 saturated carbocycles. The van der Waals surface area contributed by atoms with Gasteiger partial charge in [-0.1, -0.05) is 0 Å². The van der Waals surface area contributed by atoms with Crippen molar-refractivity contribution in [3.63, 3.8) is 0 Å². The Kier molecular flexibility index (Phi) is 5.52. The summed E-state index contributed by atoms with van der Waals surface area (Å²) in [4.78, 5) is 23.4. The second kappa shape index (κ2) is 7.78. The number of amides is 2. The molecule has 0 atom stereocenters. The Morgan fingerprint density at radius 3 is 2.46 bits per heavy atom. The molecule has 0 radical (unpaired) electrons. The number of nitrogens with zero attached hydrogens (tertiary/aromatic N) is 3. The van der Waals surface area contributed by atoms with Crippen molar-refractivity contribution in [2.24, 2.45) is 0 Å². The summed E-state index contributed by atoms with van der Waals surface area (Å²) in [5.74, 6) is -0.438. The average Bonchev–Trinajstić information content (AvgIpc) is 2.88. The quantitative estimate of drug-likeness (QED) is 0.782. The summed E-state index contributed by atoms with van der Waals surface area (Å²) in [6.45, 7) is 3.43. The van der Waals surface area contributed by atoms with Crippen LogP contribution in [0, 0.1) is 25.2 Å². The lowest BCUT2D eigenvalue weighted by Crippen LogP contribution is -2.45. The van der Waals surface area contributed by atoms with Gasteiger partial charge in [-0.3, -0.25) is 25.1 Å². The van der Waals surface area contributed by atoms with Gasteiger partial charge in [0.25, 0.3) is 11.8 Å². The zero-order valence-electron chi connectivity index (χ0n) is 13.4. The Balaban J connectivity index is 1.73. The van der Waals surface area contributed by atoms with E-state index >= 15 is 0 Å². The van der Waals surface area contributed by atoms with Crippen LogP contribution in [0.2, 0.25) is 0 Å². The molecule has 0 unspecified atom stereocenters. The minimum absolute atomic E-state index is 0.0103. The molecular weight excluding hydrogens is 310 g/mol.